The standard InChI is InChI=1S/C31H32N2O3S/c1-22-19-24(3)29(20-23(22)2)25(4)32-31(34)28-17-11-12-18-30(28)33(21-26-13-7-5-8-14-26)37(35,36)27-15-9-6-10-16-27/h5-20,25H,21H2,1-4H3,(H,32,34)/t25-/m0/s1. The lowest BCUT2D eigenvalue weighted by Gasteiger charge is -2.27. The van der Waals surface area contributed by atoms with Gasteiger partial charge in [0.25, 0.3) is 15.9 Å². The normalized spacial score (nSPS) is 12.1. The van der Waals surface area contributed by atoms with Gasteiger partial charge in [-0.15, -0.1) is 0 Å². The first-order valence-corrected chi connectivity index (χ1v) is 13.7. The maximum Gasteiger partial charge on any atom is 0.264 e. The van der Waals surface area contributed by atoms with Gasteiger partial charge in [0.1, 0.15) is 0 Å². The van der Waals surface area contributed by atoms with E-state index in [1.165, 1.54) is 9.87 Å². The zero-order chi connectivity index (χ0) is 26.6. The van der Waals surface area contributed by atoms with Crippen molar-refractivity contribution >= 4 is 21.6 Å². The molecule has 0 fully saturated rings. The molecular weight excluding hydrogens is 480 g/mol. The van der Waals surface area contributed by atoms with Crippen molar-refractivity contribution in [3.8, 4) is 0 Å². The maximum atomic E-state index is 13.9. The molecule has 5 nitrogen and oxygen atoms in total. The molecule has 4 rings (SSSR count). The predicted octanol–water partition coefficient (Wildman–Crippen LogP) is 6.50. The van der Waals surface area contributed by atoms with E-state index in [9.17, 15) is 13.2 Å². The zero-order valence-corrected chi connectivity index (χ0v) is 22.4. The van der Waals surface area contributed by atoms with Gasteiger partial charge in [0.15, 0.2) is 0 Å². The second-order valence-corrected chi connectivity index (χ2v) is 11.2. The van der Waals surface area contributed by atoms with Gasteiger partial charge >= 0.3 is 0 Å². The van der Waals surface area contributed by atoms with E-state index in [0.717, 1.165) is 22.3 Å². The van der Waals surface area contributed by atoms with Crippen molar-refractivity contribution in [1.82, 2.24) is 5.32 Å². The summed E-state index contributed by atoms with van der Waals surface area (Å²) in [7, 11) is -3.95. The number of hydrogen-bond acceptors (Lipinski definition) is 3. The van der Waals surface area contributed by atoms with Crippen LogP contribution in [0.5, 0.6) is 0 Å². The first kappa shape index (κ1) is 26.2. The monoisotopic (exact) mass is 512 g/mol. The van der Waals surface area contributed by atoms with Crippen LogP contribution >= 0.6 is 0 Å². The van der Waals surface area contributed by atoms with Crippen LogP contribution in [0.3, 0.4) is 0 Å². The average molecular weight is 513 g/mol. The molecule has 4 aromatic carbocycles. The highest BCUT2D eigenvalue weighted by Gasteiger charge is 2.29. The molecule has 0 saturated carbocycles. The van der Waals surface area contributed by atoms with E-state index in [-0.39, 0.29) is 23.4 Å². The summed E-state index contributed by atoms with van der Waals surface area (Å²) >= 11 is 0. The minimum Gasteiger partial charge on any atom is -0.345 e. The van der Waals surface area contributed by atoms with Crippen LogP contribution in [0.15, 0.2) is 102 Å². The number of carbonyl (C=O) groups is 1. The molecule has 0 aliphatic carbocycles. The van der Waals surface area contributed by atoms with E-state index >= 15 is 0 Å². The van der Waals surface area contributed by atoms with Gasteiger partial charge in [-0.2, -0.15) is 0 Å². The number of sulfonamides is 1. The lowest BCUT2D eigenvalue weighted by molar-refractivity contribution is 0.0940. The number of para-hydroxylation sites is 1. The second-order valence-electron chi connectivity index (χ2n) is 9.32. The minimum atomic E-state index is -3.95. The van der Waals surface area contributed by atoms with Crippen LogP contribution in [0.4, 0.5) is 5.69 Å². The first-order valence-electron chi connectivity index (χ1n) is 12.3. The fourth-order valence-corrected chi connectivity index (χ4v) is 5.95. The molecule has 0 aromatic heterocycles. The summed E-state index contributed by atoms with van der Waals surface area (Å²) in [5.74, 6) is -0.331. The number of anilines is 1. The molecule has 1 amide bonds. The minimum absolute atomic E-state index is 0.0914. The van der Waals surface area contributed by atoms with Gasteiger partial charge in [-0.25, -0.2) is 8.42 Å². The Kier molecular flexibility index (Phi) is 7.79. The summed E-state index contributed by atoms with van der Waals surface area (Å²) in [6.07, 6.45) is 0. The third-order valence-electron chi connectivity index (χ3n) is 6.61. The Bertz CT molecular complexity index is 1500. The molecule has 0 saturated heterocycles. The number of hydrogen-bond donors (Lipinski definition) is 1. The van der Waals surface area contributed by atoms with Crippen LogP contribution < -0.4 is 9.62 Å². The molecule has 0 aliphatic heterocycles. The van der Waals surface area contributed by atoms with Crippen molar-refractivity contribution in [2.45, 2.75) is 45.2 Å². The molecule has 37 heavy (non-hydrogen) atoms. The summed E-state index contributed by atoms with van der Waals surface area (Å²) in [4.78, 5) is 13.8. The molecule has 0 bridgehead atoms. The molecule has 0 heterocycles. The number of amides is 1. The third kappa shape index (κ3) is 5.75. The number of carbonyl (C=O) groups excluding carboxylic acids is 1. The van der Waals surface area contributed by atoms with E-state index in [2.05, 4.69) is 31.3 Å². The summed E-state index contributed by atoms with van der Waals surface area (Å²) in [5, 5.41) is 3.09. The molecule has 0 spiro atoms. The molecule has 1 N–H and O–H groups in total. The second kappa shape index (κ2) is 11.0. The van der Waals surface area contributed by atoms with Crippen molar-refractivity contribution < 1.29 is 13.2 Å². The largest absolute Gasteiger partial charge is 0.345 e. The first-order chi connectivity index (χ1) is 17.7. The summed E-state index contributed by atoms with van der Waals surface area (Å²) < 4.78 is 29.0. The lowest BCUT2D eigenvalue weighted by atomic mass is 9.96. The lowest BCUT2D eigenvalue weighted by Crippen LogP contribution is -2.34. The van der Waals surface area contributed by atoms with E-state index in [4.69, 9.17) is 0 Å². The smallest absolute Gasteiger partial charge is 0.264 e. The van der Waals surface area contributed by atoms with Crippen molar-refractivity contribution in [2.75, 3.05) is 4.31 Å². The number of nitrogens with one attached hydrogen (secondary N) is 1. The van der Waals surface area contributed by atoms with E-state index < -0.39 is 10.0 Å². The van der Waals surface area contributed by atoms with Crippen molar-refractivity contribution in [3.63, 3.8) is 0 Å². The quantitative estimate of drug-likeness (QED) is 0.293. The number of rotatable bonds is 8. The molecule has 4 aromatic rings. The highest BCUT2D eigenvalue weighted by Crippen LogP contribution is 2.30. The predicted molar refractivity (Wildman–Crippen MR) is 149 cm³/mol. The van der Waals surface area contributed by atoms with Gasteiger partial charge in [0.2, 0.25) is 0 Å². The Hall–Kier alpha value is -3.90. The maximum absolute atomic E-state index is 13.9. The van der Waals surface area contributed by atoms with Crippen LogP contribution in [0.25, 0.3) is 0 Å². The van der Waals surface area contributed by atoms with Gasteiger partial charge in [0.05, 0.1) is 28.7 Å². The zero-order valence-electron chi connectivity index (χ0n) is 21.6. The van der Waals surface area contributed by atoms with Crippen LogP contribution in [-0.2, 0) is 16.6 Å². The summed E-state index contributed by atoms with van der Waals surface area (Å²) in [6.45, 7) is 8.19. The Morgan fingerprint density at radius 3 is 2.03 bits per heavy atom. The van der Waals surface area contributed by atoms with E-state index in [0.29, 0.717) is 11.3 Å². The number of nitrogens with zero attached hydrogens (tertiary/aromatic N) is 1. The molecule has 190 valence electrons. The fourth-order valence-electron chi connectivity index (χ4n) is 4.45. The number of benzene rings is 4. The highest BCUT2D eigenvalue weighted by molar-refractivity contribution is 7.92. The van der Waals surface area contributed by atoms with Crippen LogP contribution in [0, 0.1) is 20.8 Å². The van der Waals surface area contributed by atoms with Crippen LogP contribution in [0.1, 0.15) is 51.1 Å². The van der Waals surface area contributed by atoms with Gasteiger partial charge in [0, 0.05) is 0 Å². The Morgan fingerprint density at radius 1 is 0.784 bits per heavy atom. The van der Waals surface area contributed by atoms with Crippen molar-refractivity contribution in [3.05, 3.63) is 130 Å². The average Bonchev–Trinajstić information content (AvgIpc) is 2.90. The summed E-state index contributed by atoms with van der Waals surface area (Å²) in [5.41, 5.74) is 5.94. The molecule has 0 unspecified atom stereocenters. The van der Waals surface area contributed by atoms with E-state index in [1.807, 2.05) is 44.2 Å². The van der Waals surface area contributed by atoms with E-state index in [1.54, 1.807) is 54.6 Å². The highest BCUT2D eigenvalue weighted by atomic mass is 32.2. The Balaban J connectivity index is 1.74. The fraction of sp³-hybridized carbons (Fsp3) is 0.194. The van der Waals surface area contributed by atoms with Crippen molar-refractivity contribution in [2.24, 2.45) is 0 Å². The third-order valence-corrected chi connectivity index (χ3v) is 8.39. The number of aryl methyl sites for hydroxylation is 3. The summed E-state index contributed by atoms with van der Waals surface area (Å²) in [6, 6.07) is 28.5. The van der Waals surface area contributed by atoms with Crippen molar-refractivity contribution in [1.29, 1.82) is 0 Å². The molecule has 0 aliphatic rings. The molecular formula is C31H32N2O3S. The molecule has 0 radical (unpaired) electrons. The molecule has 1 atom stereocenters. The Morgan fingerprint density at radius 2 is 1.35 bits per heavy atom. The van der Waals surface area contributed by atoms with Gasteiger partial charge in [-0.05, 0) is 79.8 Å². The Labute approximate surface area is 219 Å². The SMILES string of the molecule is Cc1cc(C)c([C@H](C)NC(=O)c2ccccc2N(Cc2ccccc2)S(=O)(=O)c2ccccc2)cc1C. The van der Waals surface area contributed by atoms with Crippen LogP contribution in [0.2, 0.25) is 0 Å². The van der Waals surface area contributed by atoms with Gasteiger partial charge in [-0.1, -0.05) is 72.8 Å². The topological polar surface area (TPSA) is 66.5 Å². The van der Waals surface area contributed by atoms with Gasteiger partial charge in [-0.3, -0.25) is 9.10 Å². The van der Waals surface area contributed by atoms with Gasteiger partial charge < -0.3 is 5.32 Å². The van der Waals surface area contributed by atoms with Crippen LogP contribution in [-0.4, -0.2) is 14.3 Å². The molecule has 6 heteroatoms.